The molecular weight excluding hydrogens is 238 g/mol. The van der Waals surface area contributed by atoms with Crippen molar-refractivity contribution >= 4 is 17.3 Å². The van der Waals surface area contributed by atoms with Crippen LogP contribution >= 0.6 is 11.6 Å². The first-order valence-corrected chi connectivity index (χ1v) is 6.23. The molecule has 0 fully saturated rings. The van der Waals surface area contributed by atoms with Gasteiger partial charge in [0.2, 0.25) is 0 Å². The van der Waals surface area contributed by atoms with Gasteiger partial charge in [-0.25, -0.2) is 0 Å². The minimum Gasteiger partial charge on any atom is -0.258 e. The van der Waals surface area contributed by atoms with Gasteiger partial charge < -0.3 is 0 Å². The third kappa shape index (κ3) is 4.00. The van der Waals surface area contributed by atoms with Crippen molar-refractivity contribution in [1.29, 1.82) is 0 Å². The molecule has 0 aliphatic heterocycles. The zero-order valence-electron chi connectivity index (χ0n) is 10.4. The molecule has 94 valence electrons. The molecule has 0 spiro atoms. The fourth-order valence-corrected chi connectivity index (χ4v) is 2.38. The Bertz CT molecular complexity index is 383. The summed E-state index contributed by atoms with van der Waals surface area (Å²) >= 11 is 6.16. The number of rotatable bonds is 5. The number of hydrogen-bond donors (Lipinski definition) is 0. The number of nitrogens with zero attached hydrogens (tertiary/aromatic N) is 1. The third-order valence-electron chi connectivity index (χ3n) is 3.04. The average molecular weight is 256 g/mol. The maximum absolute atomic E-state index is 10.7. The Balaban J connectivity index is 2.86. The number of halogens is 1. The highest BCUT2D eigenvalue weighted by atomic mass is 35.5. The molecule has 0 saturated heterocycles. The maximum Gasteiger partial charge on any atom is 0.269 e. The van der Waals surface area contributed by atoms with Gasteiger partial charge in [-0.3, -0.25) is 10.1 Å². The second-order valence-corrected chi connectivity index (χ2v) is 5.40. The van der Waals surface area contributed by atoms with E-state index >= 15 is 0 Å². The van der Waals surface area contributed by atoms with Gasteiger partial charge in [-0.2, -0.15) is 0 Å². The number of alkyl halides is 1. The van der Waals surface area contributed by atoms with Crippen molar-refractivity contribution in [2.75, 3.05) is 0 Å². The van der Waals surface area contributed by atoms with Gasteiger partial charge in [0.1, 0.15) is 0 Å². The van der Waals surface area contributed by atoms with Gasteiger partial charge in [-0.15, -0.1) is 11.6 Å². The Hall–Kier alpha value is -1.09. The largest absolute Gasteiger partial charge is 0.269 e. The lowest BCUT2D eigenvalue weighted by Crippen LogP contribution is -2.20. The van der Waals surface area contributed by atoms with Gasteiger partial charge in [-0.1, -0.05) is 26.0 Å². The Labute approximate surface area is 107 Å². The lowest BCUT2D eigenvalue weighted by Gasteiger charge is -2.23. The smallest absolute Gasteiger partial charge is 0.258 e. The monoisotopic (exact) mass is 255 g/mol. The fraction of sp³-hybridized carbons (Fsp3) is 0.538. The third-order valence-corrected chi connectivity index (χ3v) is 3.36. The summed E-state index contributed by atoms with van der Waals surface area (Å²) in [5, 5.41) is 10.8. The van der Waals surface area contributed by atoms with Crippen LogP contribution < -0.4 is 0 Å². The molecule has 0 bridgehead atoms. The normalized spacial score (nSPS) is 14.6. The number of nitro groups is 1. The van der Waals surface area contributed by atoms with Crippen LogP contribution in [0.4, 0.5) is 5.69 Å². The number of benzene rings is 1. The van der Waals surface area contributed by atoms with Crippen molar-refractivity contribution in [3.05, 3.63) is 39.9 Å². The summed E-state index contributed by atoms with van der Waals surface area (Å²) in [6.07, 6.45) is 0.782. The first kappa shape index (κ1) is 14.0. The topological polar surface area (TPSA) is 43.1 Å². The Morgan fingerprint density at radius 1 is 1.35 bits per heavy atom. The highest BCUT2D eigenvalue weighted by Gasteiger charge is 2.20. The van der Waals surface area contributed by atoms with E-state index in [1.807, 2.05) is 13.0 Å². The minimum absolute atomic E-state index is 0.0641. The van der Waals surface area contributed by atoms with E-state index in [0.29, 0.717) is 11.8 Å². The zero-order chi connectivity index (χ0) is 13.0. The summed E-state index contributed by atoms with van der Waals surface area (Å²) < 4.78 is 0. The first-order chi connectivity index (χ1) is 7.91. The molecule has 1 aromatic carbocycles. The van der Waals surface area contributed by atoms with Gasteiger partial charge in [-0.05, 0) is 30.7 Å². The number of nitro benzene ring substituents is 1. The molecule has 4 heteroatoms. The molecule has 3 nitrogen and oxygen atoms in total. The zero-order valence-corrected chi connectivity index (χ0v) is 11.1. The Morgan fingerprint density at radius 2 is 2.00 bits per heavy atom. The standard InChI is InChI=1S/C13H18ClNO2/c1-9(2)13(10(3)14)8-11-5-4-6-12(7-11)15(16)17/h4-7,9-10,13H,8H2,1-3H3. The van der Waals surface area contributed by atoms with Crippen molar-refractivity contribution < 1.29 is 4.92 Å². The summed E-state index contributed by atoms with van der Waals surface area (Å²) in [7, 11) is 0. The summed E-state index contributed by atoms with van der Waals surface area (Å²) in [4.78, 5) is 10.3. The summed E-state index contributed by atoms with van der Waals surface area (Å²) in [6.45, 7) is 6.23. The van der Waals surface area contributed by atoms with Crippen LogP contribution in [0.3, 0.4) is 0 Å². The van der Waals surface area contributed by atoms with Gasteiger partial charge in [0.25, 0.3) is 5.69 Å². The molecular formula is C13H18ClNO2. The van der Waals surface area contributed by atoms with E-state index in [4.69, 9.17) is 11.6 Å². The van der Waals surface area contributed by atoms with Crippen LogP contribution in [0.25, 0.3) is 0 Å². The fourth-order valence-electron chi connectivity index (χ4n) is 2.00. The van der Waals surface area contributed by atoms with Crippen molar-refractivity contribution in [2.45, 2.75) is 32.6 Å². The van der Waals surface area contributed by atoms with E-state index in [0.717, 1.165) is 12.0 Å². The molecule has 0 amide bonds. The second-order valence-electron chi connectivity index (χ2n) is 4.72. The SMILES string of the molecule is CC(C)C(Cc1cccc([N+](=O)[O-])c1)C(C)Cl. The first-order valence-electron chi connectivity index (χ1n) is 5.79. The number of non-ortho nitro benzene ring substituents is 1. The predicted octanol–water partition coefficient (Wildman–Crippen LogP) is 4.04. The van der Waals surface area contributed by atoms with Crippen molar-refractivity contribution in [1.82, 2.24) is 0 Å². The molecule has 17 heavy (non-hydrogen) atoms. The van der Waals surface area contributed by atoms with Gasteiger partial charge in [0.15, 0.2) is 0 Å². The molecule has 0 aliphatic rings. The van der Waals surface area contributed by atoms with Gasteiger partial charge in [0, 0.05) is 17.5 Å². The molecule has 1 aromatic rings. The molecule has 0 aliphatic carbocycles. The van der Waals surface area contributed by atoms with E-state index in [2.05, 4.69) is 13.8 Å². The van der Waals surface area contributed by atoms with Gasteiger partial charge >= 0.3 is 0 Å². The van der Waals surface area contributed by atoms with Crippen molar-refractivity contribution in [2.24, 2.45) is 11.8 Å². The van der Waals surface area contributed by atoms with Crippen LogP contribution in [-0.4, -0.2) is 10.3 Å². The van der Waals surface area contributed by atoms with E-state index in [-0.39, 0.29) is 16.0 Å². The molecule has 0 saturated carbocycles. The molecule has 0 aromatic heterocycles. The highest BCUT2D eigenvalue weighted by molar-refractivity contribution is 6.20. The molecule has 0 radical (unpaired) electrons. The van der Waals surface area contributed by atoms with Gasteiger partial charge in [0.05, 0.1) is 4.92 Å². The van der Waals surface area contributed by atoms with Crippen LogP contribution in [0.1, 0.15) is 26.3 Å². The van der Waals surface area contributed by atoms with E-state index in [9.17, 15) is 10.1 Å². The molecule has 2 unspecified atom stereocenters. The molecule has 0 heterocycles. The highest BCUT2D eigenvalue weighted by Crippen LogP contribution is 2.25. The molecule has 0 N–H and O–H groups in total. The quantitative estimate of drug-likeness (QED) is 0.453. The molecule has 2 atom stereocenters. The van der Waals surface area contributed by atoms with E-state index < -0.39 is 0 Å². The van der Waals surface area contributed by atoms with Crippen molar-refractivity contribution in [3.63, 3.8) is 0 Å². The molecule has 1 rings (SSSR count). The summed E-state index contributed by atoms with van der Waals surface area (Å²) in [5.74, 6) is 0.792. The Kier molecular flexibility index (Phi) is 4.94. The maximum atomic E-state index is 10.7. The predicted molar refractivity (Wildman–Crippen MR) is 70.4 cm³/mol. The second kappa shape index (κ2) is 6.01. The van der Waals surface area contributed by atoms with E-state index in [1.54, 1.807) is 12.1 Å². The van der Waals surface area contributed by atoms with Crippen LogP contribution in [0.15, 0.2) is 24.3 Å². The van der Waals surface area contributed by atoms with E-state index in [1.165, 1.54) is 6.07 Å². The minimum atomic E-state index is -0.363. The average Bonchev–Trinajstić information content (AvgIpc) is 2.25. The summed E-state index contributed by atoms with van der Waals surface area (Å²) in [6, 6.07) is 6.79. The van der Waals surface area contributed by atoms with Crippen LogP contribution in [0.5, 0.6) is 0 Å². The number of hydrogen-bond acceptors (Lipinski definition) is 2. The van der Waals surface area contributed by atoms with Crippen LogP contribution in [-0.2, 0) is 6.42 Å². The Morgan fingerprint density at radius 3 is 2.47 bits per heavy atom. The lowest BCUT2D eigenvalue weighted by atomic mass is 9.87. The lowest BCUT2D eigenvalue weighted by molar-refractivity contribution is -0.384. The van der Waals surface area contributed by atoms with Crippen molar-refractivity contribution in [3.8, 4) is 0 Å². The van der Waals surface area contributed by atoms with Crippen LogP contribution in [0, 0.1) is 22.0 Å². The summed E-state index contributed by atoms with van der Waals surface area (Å²) in [5.41, 5.74) is 1.12. The van der Waals surface area contributed by atoms with Crippen LogP contribution in [0.2, 0.25) is 0 Å².